The SMILES string of the molecule is CC[C@@H]1CN(C(=O)c2ccc3ncccc3c2)CCN1C(C)C. The number of carbonyl (C=O) groups excluding carboxylic acids is 1. The van der Waals surface area contributed by atoms with Crippen LogP contribution >= 0.6 is 0 Å². The fourth-order valence-corrected chi connectivity index (χ4v) is 3.49. The van der Waals surface area contributed by atoms with Gasteiger partial charge in [0, 0.05) is 48.9 Å². The van der Waals surface area contributed by atoms with Crippen LogP contribution in [0.15, 0.2) is 36.5 Å². The predicted molar refractivity (Wildman–Crippen MR) is 93.6 cm³/mol. The molecule has 1 aromatic heterocycles. The standard InChI is InChI=1S/C19H25N3O/c1-4-17-13-21(10-11-22(17)14(2)3)19(23)16-7-8-18-15(12-16)6-5-9-20-18/h5-9,12,14,17H,4,10-11,13H2,1-3H3/t17-/m1/s1. The molecule has 2 aromatic rings. The third-order valence-electron chi connectivity index (χ3n) is 4.80. The Hall–Kier alpha value is -1.94. The number of rotatable bonds is 3. The number of hydrogen-bond donors (Lipinski definition) is 0. The lowest BCUT2D eigenvalue weighted by atomic mass is 10.0. The molecule has 4 heteroatoms. The number of nitrogens with zero attached hydrogens (tertiary/aromatic N) is 3. The summed E-state index contributed by atoms with van der Waals surface area (Å²) >= 11 is 0. The van der Waals surface area contributed by atoms with Gasteiger partial charge >= 0.3 is 0 Å². The molecule has 1 aliphatic rings. The summed E-state index contributed by atoms with van der Waals surface area (Å²) in [6.45, 7) is 9.25. The molecule has 0 N–H and O–H groups in total. The first kappa shape index (κ1) is 15.9. The van der Waals surface area contributed by atoms with E-state index in [0.717, 1.165) is 42.5 Å². The average molecular weight is 311 g/mol. The fourth-order valence-electron chi connectivity index (χ4n) is 3.49. The summed E-state index contributed by atoms with van der Waals surface area (Å²) in [5.74, 6) is 0.137. The molecule has 0 unspecified atom stereocenters. The molecule has 1 aliphatic heterocycles. The van der Waals surface area contributed by atoms with Gasteiger partial charge in [-0.05, 0) is 44.5 Å². The van der Waals surface area contributed by atoms with Gasteiger partial charge in [-0.3, -0.25) is 14.7 Å². The van der Waals surface area contributed by atoms with E-state index in [1.807, 2.05) is 35.2 Å². The van der Waals surface area contributed by atoms with E-state index in [0.29, 0.717) is 12.1 Å². The molecule has 0 saturated carbocycles. The van der Waals surface area contributed by atoms with Gasteiger partial charge in [0.15, 0.2) is 0 Å². The molecule has 2 heterocycles. The molecule has 1 fully saturated rings. The summed E-state index contributed by atoms with van der Waals surface area (Å²) in [7, 11) is 0. The Morgan fingerprint density at radius 2 is 2.13 bits per heavy atom. The molecule has 0 spiro atoms. The third kappa shape index (κ3) is 3.22. The molecule has 1 aromatic carbocycles. The van der Waals surface area contributed by atoms with Crippen LogP contribution in [0, 0.1) is 0 Å². The summed E-state index contributed by atoms with van der Waals surface area (Å²) in [6, 6.07) is 10.7. The zero-order chi connectivity index (χ0) is 16.4. The number of aromatic nitrogens is 1. The maximum atomic E-state index is 12.9. The van der Waals surface area contributed by atoms with Gasteiger partial charge in [0.1, 0.15) is 0 Å². The van der Waals surface area contributed by atoms with E-state index in [1.165, 1.54) is 0 Å². The Bertz CT molecular complexity index is 698. The molecule has 122 valence electrons. The topological polar surface area (TPSA) is 36.4 Å². The van der Waals surface area contributed by atoms with Gasteiger partial charge in [-0.25, -0.2) is 0 Å². The molecular weight excluding hydrogens is 286 g/mol. The molecule has 1 saturated heterocycles. The van der Waals surface area contributed by atoms with Crippen LogP contribution in [-0.2, 0) is 0 Å². The molecule has 23 heavy (non-hydrogen) atoms. The Morgan fingerprint density at radius 3 is 2.87 bits per heavy atom. The molecule has 3 rings (SSSR count). The lowest BCUT2D eigenvalue weighted by Gasteiger charge is -2.43. The average Bonchev–Trinajstić information content (AvgIpc) is 2.60. The van der Waals surface area contributed by atoms with Crippen molar-refractivity contribution in [1.82, 2.24) is 14.8 Å². The second-order valence-electron chi connectivity index (χ2n) is 6.56. The van der Waals surface area contributed by atoms with Crippen molar-refractivity contribution < 1.29 is 4.79 Å². The first-order chi connectivity index (χ1) is 11.1. The molecule has 1 amide bonds. The molecular formula is C19H25N3O. The van der Waals surface area contributed by atoms with Crippen LogP contribution in [0.3, 0.4) is 0 Å². The van der Waals surface area contributed by atoms with E-state index in [-0.39, 0.29) is 5.91 Å². The maximum absolute atomic E-state index is 12.9. The van der Waals surface area contributed by atoms with Crippen LogP contribution in [0.4, 0.5) is 0 Å². The minimum atomic E-state index is 0.137. The quantitative estimate of drug-likeness (QED) is 0.873. The molecule has 0 aliphatic carbocycles. The zero-order valence-electron chi connectivity index (χ0n) is 14.2. The summed E-state index contributed by atoms with van der Waals surface area (Å²) < 4.78 is 0. The Labute approximate surface area is 138 Å². The van der Waals surface area contributed by atoms with E-state index < -0.39 is 0 Å². The Balaban J connectivity index is 1.79. The number of hydrogen-bond acceptors (Lipinski definition) is 3. The number of amides is 1. The van der Waals surface area contributed by atoms with Crippen molar-refractivity contribution in [2.75, 3.05) is 19.6 Å². The van der Waals surface area contributed by atoms with Crippen LogP contribution in [-0.4, -0.2) is 52.4 Å². The highest BCUT2D eigenvalue weighted by molar-refractivity contribution is 5.98. The summed E-state index contributed by atoms with van der Waals surface area (Å²) in [5, 5.41) is 1.02. The number of benzene rings is 1. The van der Waals surface area contributed by atoms with E-state index in [4.69, 9.17) is 0 Å². The van der Waals surface area contributed by atoms with Crippen molar-refractivity contribution in [2.45, 2.75) is 39.3 Å². The molecule has 0 bridgehead atoms. The zero-order valence-corrected chi connectivity index (χ0v) is 14.2. The highest BCUT2D eigenvalue weighted by Gasteiger charge is 2.30. The van der Waals surface area contributed by atoms with E-state index in [1.54, 1.807) is 6.20 Å². The Morgan fingerprint density at radius 1 is 1.30 bits per heavy atom. The third-order valence-corrected chi connectivity index (χ3v) is 4.80. The second kappa shape index (κ2) is 6.67. The predicted octanol–water partition coefficient (Wildman–Crippen LogP) is 3.18. The largest absolute Gasteiger partial charge is 0.336 e. The lowest BCUT2D eigenvalue weighted by molar-refractivity contribution is 0.0372. The van der Waals surface area contributed by atoms with E-state index in [9.17, 15) is 4.79 Å². The summed E-state index contributed by atoms with van der Waals surface area (Å²) in [6.07, 6.45) is 2.85. The van der Waals surface area contributed by atoms with Gasteiger partial charge in [-0.1, -0.05) is 13.0 Å². The lowest BCUT2D eigenvalue weighted by Crippen LogP contribution is -2.56. The molecule has 0 radical (unpaired) electrons. The molecule has 4 nitrogen and oxygen atoms in total. The number of fused-ring (bicyclic) bond motifs is 1. The van der Waals surface area contributed by atoms with E-state index >= 15 is 0 Å². The number of pyridine rings is 1. The van der Waals surface area contributed by atoms with E-state index in [2.05, 4.69) is 30.7 Å². The smallest absolute Gasteiger partial charge is 0.253 e. The van der Waals surface area contributed by atoms with Gasteiger partial charge in [0.25, 0.3) is 5.91 Å². The van der Waals surface area contributed by atoms with Gasteiger partial charge in [0.2, 0.25) is 0 Å². The first-order valence-electron chi connectivity index (χ1n) is 8.50. The maximum Gasteiger partial charge on any atom is 0.253 e. The van der Waals surface area contributed by atoms with Crippen molar-refractivity contribution in [2.24, 2.45) is 0 Å². The number of carbonyl (C=O) groups is 1. The highest BCUT2D eigenvalue weighted by Crippen LogP contribution is 2.20. The molecule has 1 atom stereocenters. The van der Waals surface area contributed by atoms with Crippen molar-refractivity contribution in [3.63, 3.8) is 0 Å². The fraction of sp³-hybridized carbons (Fsp3) is 0.474. The van der Waals surface area contributed by atoms with Crippen LogP contribution < -0.4 is 0 Å². The normalized spacial score (nSPS) is 19.5. The monoisotopic (exact) mass is 311 g/mol. The van der Waals surface area contributed by atoms with Crippen molar-refractivity contribution in [1.29, 1.82) is 0 Å². The number of piperazine rings is 1. The Kier molecular flexibility index (Phi) is 4.62. The summed E-state index contributed by atoms with van der Waals surface area (Å²) in [4.78, 5) is 21.7. The minimum Gasteiger partial charge on any atom is -0.336 e. The second-order valence-corrected chi connectivity index (χ2v) is 6.56. The van der Waals surface area contributed by atoms with Gasteiger partial charge in [-0.2, -0.15) is 0 Å². The van der Waals surface area contributed by atoms with Crippen molar-refractivity contribution in [3.05, 3.63) is 42.1 Å². The van der Waals surface area contributed by atoms with Crippen LogP contribution in [0.25, 0.3) is 10.9 Å². The minimum absolute atomic E-state index is 0.137. The highest BCUT2D eigenvalue weighted by atomic mass is 16.2. The summed E-state index contributed by atoms with van der Waals surface area (Å²) in [5.41, 5.74) is 1.69. The van der Waals surface area contributed by atoms with Crippen molar-refractivity contribution in [3.8, 4) is 0 Å². The van der Waals surface area contributed by atoms with Crippen LogP contribution in [0.2, 0.25) is 0 Å². The van der Waals surface area contributed by atoms with Crippen molar-refractivity contribution >= 4 is 16.8 Å². The van der Waals surface area contributed by atoms with Gasteiger partial charge in [0.05, 0.1) is 5.52 Å². The first-order valence-corrected chi connectivity index (χ1v) is 8.50. The van der Waals surface area contributed by atoms with Crippen LogP contribution in [0.5, 0.6) is 0 Å². The van der Waals surface area contributed by atoms with Crippen LogP contribution in [0.1, 0.15) is 37.6 Å². The van der Waals surface area contributed by atoms with Gasteiger partial charge < -0.3 is 4.90 Å². The van der Waals surface area contributed by atoms with Gasteiger partial charge in [-0.15, -0.1) is 0 Å².